The van der Waals surface area contributed by atoms with E-state index >= 15 is 0 Å². The lowest BCUT2D eigenvalue weighted by molar-refractivity contribution is 0.306. The highest BCUT2D eigenvalue weighted by atomic mass is 32.2. The molecule has 0 saturated heterocycles. The van der Waals surface area contributed by atoms with Crippen LogP contribution in [0.25, 0.3) is 0 Å². The summed E-state index contributed by atoms with van der Waals surface area (Å²) >= 11 is 0. The Kier molecular flexibility index (Phi) is 3.89. The summed E-state index contributed by atoms with van der Waals surface area (Å²) in [5.41, 5.74) is 6.17. The highest BCUT2D eigenvalue weighted by Crippen LogP contribution is 2.26. The summed E-state index contributed by atoms with van der Waals surface area (Å²) in [5, 5.41) is 4.15. The molecule has 0 aromatic carbocycles. The van der Waals surface area contributed by atoms with Gasteiger partial charge in [0.15, 0.2) is 15.7 Å². The van der Waals surface area contributed by atoms with Crippen molar-refractivity contribution < 1.29 is 13.2 Å². The molecule has 104 valence electrons. The van der Waals surface area contributed by atoms with Crippen LogP contribution in [0.1, 0.15) is 13.3 Å². The van der Waals surface area contributed by atoms with Crippen LogP contribution >= 0.6 is 0 Å². The first-order chi connectivity index (χ1) is 9.02. The summed E-state index contributed by atoms with van der Waals surface area (Å²) < 4.78 is 28.0. The lowest BCUT2D eigenvalue weighted by Gasteiger charge is -2.14. The molecule has 0 radical (unpaired) electrons. The summed E-state index contributed by atoms with van der Waals surface area (Å²) in [5.74, 6) is 0.693. The van der Waals surface area contributed by atoms with Crippen molar-refractivity contribution in [1.82, 2.24) is 9.97 Å². The van der Waals surface area contributed by atoms with Gasteiger partial charge in [-0.25, -0.2) is 13.4 Å². The first-order valence-corrected chi connectivity index (χ1v) is 7.64. The van der Waals surface area contributed by atoms with E-state index in [1.807, 2.05) is 6.92 Å². The molecule has 1 aliphatic rings. The number of hydrogen-bond acceptors (Lipinski definition) is 7. The fourth-order valence-electron chi connectivity index (χ4n) is 1.65. The molecule has 2 rings (SSSR count). The SMILES string of the molecule is CCCOc1ncnc(NC2C=CS(=O)(=O)C2)c1N. The predicted octanol–water partition coefficient (Wildman–Crippen LogP) is 0.570. The van der Waals surface area contributed by atoms with Gasteiger partial charge < -0.3 is 15.8 Å². The average Bonchev–Trinajstić information content (AvgIpc) is 2.70. The normalized spacial score (nSPS) is 20.4. The highest BCUT2D eigenvalue weighted by molar-refractivity contribution is 7.94. The molecule has 1 atom stereocenters. The minimum atomic E-state index is -3.11. The number of nitrogen functional groups attached to an aromatic ring is 1. The Bertz CT molecular complexity index is 586. The van der Waals surface area contributed by atoms with Gasteiger partial charge in [0.2, 0.25) is 5.88 Å². The van der Waals surface area contributed by atoms with Crippen LogP contribution in [-0.4, -0.2) is 36.8 Å². The van der Waals surface area contributed by atoms with Crippen LogP contribution in [0.4, 0.5) is 11.5 Å². The van der Waals surface area contributed by atoms with Gasteiger partial charge in [0, 0.05) is 5.41 Å². The molecule has 0 aliphatic carbocycles. The van der Waals surface area contributed by atoms with Gasteiger partial charge in [0.1, 0.15) is 12.0 Å². The van der Waals surface area contributed by atoms with Crippen molar-refractivity contribution in [2.24, 2.45) is 0 Å². The van der Waals surface area contributed by atoms with Crippen molar-refractivity contribution in [1.29, 1.82) is 0 Å². The summed E-state index contributed by atoms with van der Waals surface area (Å²) in [6.07, 6.45) is 3.75. The van der Waals surface area contributed by atoms with Crippen LogP contribution < -0.4 is 15.8 Å². The third-order valence-electron chi connectivity index (χ3n) is 2.54. The molecule has 0 fully saturated rings. The van der Waals surface area contributed by atoms with Crippen LogP contribution in [0.15, 0.2) is 17.8 Å². The van der Waals surface area contributed by atoms with Crippen molar-refractivity contribution >= 4 is 21.3 Å². The van der Waals surface area contributed by atoms with Crippen molar-refractivity contribution in [3.8, 4) is 5.88 Å². The molecular formula is C11H16N4O3S. The molecule has 7 nitrogen and oxygen atoms in total. The number of nitrogens with zero attached hydrogens (tertiary/aromatic N) is 2. The van der Waals surface area contributed by atoms with Gasteiger partial charge in [-0.1, -0.05) is 6.92 Å². The number of ether oxygens (including phenoxy) is 1. The maximum absolute atomic E-state index is 11.3. The molecule has 1 unspecified atom stereocenters. The Morgan fingerprint density at radius 1 is 1.53 bits per heavy atom. The van der Waals surface area contributed by atoms with E-state index in [-0.39, 0.29) is 17.5 Å². The average molecular weight is 284 g/mol. The molecule has 0 amide bonds. The van der Waals surface area contributed by atoms with Crippen LogP contribution in [0.5, 0.6) is 5.88 Å². The third kappa shape index (κ3) is 3.34. The van der Waals surface area contributed by atoms with E-state index in [4.69, 9.17) is 10.5 Å². The zero-order valence-corrected chi connectivity index (χ0v) is 11.4. The number of nitrogens with one attached hydrogen (secondary N) is 1. The van der Waals surface area contributed by atoms with Crippen LogP contribution in [0.3, 0.4) is 0 Å². The monoisotopic (exact) mass is 284 g/mol. The van der Waals surface area contributed by atoms with Gasteiger partial charge in [-0.2, -0.15) is 4.98 Å². The molecule has 1 aromatic rings. The first-order valence-electron chi connectivity index (χ1n) is 5.92. The number of sulfone groups is 1. The maximum Gasteiger partial charge on any atom is 0.242 e. The van der Waals surface area contributed by atoms with E-state index in [9.17, 15) is 8.42 Å². The summed E-state index contributed by atoms with van der Waals surface area (Å²) in [7, 11) is -3.11. The molecule has 0 saturated carbocycles. The van der Waals surface area contributed by atoms with Gasteiger partial charge >= 0.3 is 0 Å². The second kappa shape index (κ2) is 5.43. The third-order valence-corrected chi connectivity index (χ3v) is 3.94. The smallest absolute Gasteiger partial charge is 0.242 e. The van der Waals surface area contributed by atoms with Crippen LogP contribution in [-0.2, 0) is 9.84 Å². The molecule has 3 N–H and O–H groups in total. The van der Waals surface area contributed by atoms with Gasteiger partial charge in [0.05, 0.1) is 18.4 Å². The number of aromatic nitrogens is 2. The number of hydrogen-bond donors (Lipinski definition) is 2. The fraction of sp³-hybridized carbons (Fsp3) is 0.455. The van der Waals surface area contributed by atoms with Gasteiger partial charge in [0.25, 0.3) is 0 Å². The zero-order chi connectivity index (χ0) is 13.9. The minimum Gasteiger partial charge on any atom is -0.476 e. The van der Waals surface area contributed by atoms with E-state index in [0.29, 0.717) is 18.3 Å². The van der Waals surface area contributed by atoms with Crippen molar-refractivity contribution in [2.75, 3.05) is 23.4 Å². The lowest BCUT2D eigenvalue weighted by atomic mass is 10.3. The van der Waals surface area contributed by atoms with E-state index in [1.54, 1.807) is 6.08 Å². The highest BCUT2D eigenvalue weighted by Gasteiger charge is 2.23. The summed E-state index contributed by atoms with van der Waals surface area (Å²) in [6, 6.07) is -0.332. The van der Waals surface area contributed by atoms with Crippen molar-refractivity contribution in [3.63, 3.8) is 0 Å². The predicted molar refractivity (Wildman–Crippen MR) is 72.6 cm³/mol. The Hall–Kier alpha value is -1.83. The quantitative estimate of drug-likeness (QED) is 0.813. The van der Waals surface area contributed by atoms with E-state index in [1.165, 1.54) is 11.7 Å². The zero-order valence-electron chi connectivity index (χ0n) is 10.5. The minimum absolute atomic E-state index is 0.00158. The van der Waals surface area contributed by atoms with Crippen molar-refractivity contribution in [3.05, 3.63) is 17.8 Å². The van der Waals surface area contributed by atoms with E-state index in [2.05, 4.69) is 15.3 Å². The number of rotatable bonds is 5. The first kappa shape index (κ1) is 13.6. The molecule has 0 spiro atoms. The Balaban J connectivity index is 2.11. The van der Waals surface area contributed by atoms with Gasteiger partial charge in [-0.3, -0.25) is 0 Å². The van der Waals surface area contributed by atoms with E-state index < -0.39 is 9.84 Å². The standard InChI is InChI=1S/C11H16N4O3S/c1-2-4-18-11-9(12)10(13-7-14-11)15-8-3-5-19(16,17)6-8/h3,5,7-8H,2,4,6,12H2,1H3,(H,13,14,15). The lowest BCUT2D eigenvalue weighted by Crippen LogP contribution is -2.22. The molecule has 1 aliphatic heterocycles. The molecular weight excluding hydrogens is 268 g/mol. The van der Waals surface area contributed by atoms with Gasteiger partial charge in [-0.15, -0.1) is 0 Å². The molecule has 0 bridgehead atoms. The second-order valence-electron chi connectivity index (χ2n) is 4.20. The summed E-state index contributed by atoms with van der Waals surface area (Å²) in [4.78, 5) is 7.95. The van der Waals surface area contributed by atoms with Gasteiger partial charge in [-0.05, 0) is 12.5 Å². The number of nitrogens with two attached hydrogens (primary N) is 1. The Morgan fingerprint density at radius 2 is 2.32 bits per heavy atom. The van der Waals surface area contributed by atoms with Crippen molar-refractivity contribution in [2.45, 2.75) is 19.4 Å². The molecule has 1 aromatic heterocycles. The van der Waals surface area contributed by atoms with Crippen LogP contribution in [0, 0.1) is 0 Å². The van der Waals surface area contributed by atoms with E-state index in [0.717, 1.165) is 6.42 Å². The molecule has 8 heteroatoms. The summed E-state index contributed by atoms with van der Waals surface area (Å²) in [6.45, 7) is 2.49. The Morgan fingerprint density at radius 3 is 2.95 bits per heavy atom. The topological polar surface area (TPSA) is 107 Å². The largest absolute Gasteiger partial charge is 0.476 e. The second-order valence-corrected chi connectivity index (χ2v) is 6.13. The maximum atomic E-state index is 11.3. The molecule has 19 heavy (non-hydrogen) atoms. The van der Waals surface area contributed by atoms with Crippen LogP contribution in [0.2, 0.25) is 0 Å². The Labute approximate surface area is 111 Å². The fourth-order valence-corrected chi connectivity index (χ4v) is 2.88. The molecule has 2 heterocycles. The number of anilines is 2.